The van der Waals surface area contributed by atoms with Crippen molar-refractivity contribution in [2.24, 2.45) is 0 Å². The molecule has 11 heteroatoms. The molecule has 0 saturated carbocycles. The first-order valence-electron chi connectivity index (χ1n) is 10.6. The number of hydrogen-bond donors (Lipinski definition) is 2. The Morgan fingerprint density at radius 2 is 1.69 bits per heavy atom. The van der Waals surface area contributed by atoms with E-state index in [9.17, 15) is 22.8 Å². The molecule has 7 nitrogen and oxygen atoms in total. The fourth-order valence-corrected chi connectivity index (χ4v) is 3.66. The first-order chi connectivity index (χ1) is 16.5. The molecule has 0 spiro atoms. The van der Waals surface area contributed by atoms with E-state index in [4.69, 9.17) is 4.74 Å². The van der Waals surface area contributed by atoms with Gasteiger partial charge in [0.2, 0.25) is 11.8 Å². The molecule has 0 bridgehead atoms. The van der Waals surface area contributed by atoms with Gasteiger partial charge in [-0.05, 0) is 49.1 Å². The van der Waals surface area contributed by atoms with E-state index in [0.29, 0.717) is 29.3 Å². The van der Waals surface area contributed by atoms with Crippen LogP contribution in [0.5, 0.6) is 11.6 Å². The lowest BCUT2D eigenvalue weighted by atomic mass is 10.1. The molecule has 3 amide bonds. The maximum Gasteiger partial charge on any atom is 0.433 e. The molecular weight excluding hydrogens is 481 g/mol. The van der Waals surface area contributed by atoms with Crippen molar-refractivity contribution in [3.05, 3.63) is 70.9 Å². The van der Waals surface area contributed by atoms with Crippen molar-refractivity contribution < 1.29 is 27.5 Å². The summed E-state index contributed by atoms with van der Waals surface area (Å²) < 4.78 is 45.8. The van der Waals surface area contributed by atoms with Crippen LogP contribution in [0.4, 0.5) is 23.7 Å². The van der Waals surface area contributed by atoms with Gasteiger partial charge in [-0.15, -0.1) is 0 Å². The van der Waals surface area contributed by atoms with Gasteiger partial charge in [0.25, 0.3) is 0 Å². The van der Waals surface area contributed by atoms with Gasteiger partial charge in [0.05, 0.1) is 5.75 Å². The zero-order chi connectivity index (χ0) is 25.6. The lowest BCUT2D eigenvalue weighted by Gasteiger charge is -2.13. The summed E-state index contributed by atoms with van der Waals surface area (Å²) in [7, 11) is 0. The number of imide groups is 1. The molecule has 2 N–H and O–H groups in total. The molecule has 0 aliphatic carbocycles. The van der Waals surface area contributed by atoms with Gasteiger partial charge in [-0.25, -0.2) is 9.78 Å². The number of para-hydroxylation sites is 1. The number of benzene rings is 2. The highest BCUT2D eigenvalue weighted by molar-refractivity contribution is 7.99. The van der Waals surface area contributed by atoms with Crippen molar-refractivity contribution in [1.29, 1.82) is 0 Å². The van der Waals surface area contributed by atoms with Crippen molar-refractivity contribution in [2.75, 3.05) is 11.1 Å². The Balaban J connectivity index is 1.67. The van der Waals surface area contributed by atoms with E-state index in [0.717, 1.165) is 23.1 Å². The SMILES string of the molecule is CCc1ccc(NC(=O)NC(=O)CSc2nc(Oc3c(C)cccc3C)cc(C(F)(F)F)n2)cc1. The number of anilines is 1. The molecule has 0 radical (unpaired) electrons. The molecule has 0 aliphatic rings. The first kappa shape index (κ1) is 26.0. The van der Waals surface area contributed by atoms with Crippen LogP contribution in [0.3, 0.4) is 0 Å². The Labute approximate surface area is 204 Å². The van der Waals surface area contributed by atoms with Crippen LogP contribution in [0.2, 0.25) is 0 Å². The van der Waals surface area contributed by atoms with Gasteiger partial charge in [0.1, 0.15) is 5.75 Å². The first-order valence-corrected chi connectivity index (χ1v) is 11.6. The second-order valence-corrected chi connectivity index (χ2v) is 8.48. The lowest BCUT2D eigenvalue weighted by Crippen LogP contribution is -2.35. The number of nitrogens with zero attached hydrogens (tertiary/aromatic N) is 2. The fraction of sp³-hybridized carbons (Fsp3) is 0.250. The molecule has 3 rings (SSSR count). The Morgan fingerprint density at radius 3 is 2.29 bits per heavy atom. The van der Waals surface area contributed by atoms with Crippen LogP contribution < -0.4 is 15.4 Å². The van der Waals surface area contributed by atoms with Gasteiger partial charge >= 0.3 is 12.2 Å². The van der Waals surface area contributed by atoms with E-state index in [2.05, 4.69) is 20.6 Å². The van der Waals surface area contributed by atoms with Crippen LogP contribution in [0, 0.1) is 13.8 Å². The Bertz CT molecular complexity index is 1200. The number of ether oxygens (including phenoxy) is 1. The molecule has 0 saturated heterocycles. The molecule has 184 valence electrons. The van der Waals surface area contributed by atoms with Gasteiger partial charge < -0.3 is 10.1 Å². The van der Waals surface area contributed by atoms with Gasteiger partial charge in [0.15, 0.2) is 10.9 Å². The van der Waals surface area contributed by atoms with Crippen LogP contribution in [-0.4, -0.2) is 27.7 Å². The molecule has 0 unspecified atom stereocenters. The van der Waals surface area contributed by atoms with Crippen LogP contribution in [-0.2, 0) is 17.4 Å². The van der Waals surface area contributed by atoms with Crippen LogP contribution in [0.25, 0.3) is 0 Å². The number of thioether (sulfide) groups is 1. The summed E-state index contributed by atoms with van der Waals surface area (Å²) in [6.45, 7) is 5.52. The number of nitrogens with one attached hydrogen (secondary N) is 2. The molecule has 0 fully saturated rings. The van der Waals surface area contributed by atoms with E-state index >= 15 is 0 Å². The fourth-order valence-electron chi connectivity index (χ4n) is 3.01. The number of aromatic nitrogens is 2. The molecule has 3 aromatic rings. The summed E-state index contributed by atoms with van der Waals surface area (Å²) in [6.07, 6.45) is -3.90. The second-order valence-electron chi connectivity index (χ2n) is 7.54. The van der Waals surface area contributed by atoms with Crippen molar-refractivity contribution in [1.82, 2.24) is 15.3 Å². The number of aryl methyl sites for hydroxylation is 3. The van der Waals surface area contributed by atoms with E-state index in [-0.39, 0.29) is 16.8 Å². The van der Waals surface area contributed by atoms with Crippen molar-refractivity contribution in [3.63, 3.8) is 0 Å². The van der Waals surface area contributed by atoms with Gasteiger partial charge in [-0.3, -0.25) is 10.1 Å². The summed E-state index contributed by atoms with van der Waals surface area (Å²) >= 11 is 0.651. The van der Waals surface area contributed by atoms with Gasteiger partial charge in [-0.2, -0.15) is 18.2 Å². The molecule has 35 heavy (non-hydrogen) atoms. The predicted molar refractivity (Wildman–Crippen MR) is 127 cm³/mol. The summed E-state index contributed by atoms with van der Waals surface area (Å²) in [5.41, 5.74) is 1.83. The number of carbonyl (C=O) groups is 2. The number of carbonyl (C=O) groups excluding carboxylic acids is 2. The van der Waals surface area contributed by atoms with E-state index in [1.165, 1.54) is 0 Å². The number of amides is 3. The Kier molecular flexibility index (Phi) is 8.34. The minimum atomic E-state index is -4.74. The summed E-state index contributed by atoms with van der Waals surface area (Å²) in [5, 5.41) is 4.33. The minimum absolute atomic E-state index is 0.305. The quantitative estimate of drug-likeness (QED) is 0.307. The predicted octanol–water partition coefficient (Wildman–Crippen LogP) is 5.91. The highest BCUT2D eigenvalue weighted by Crippen LogP contribution is 2.34. The topological polar surface area (TPSA) is 93.2 Å². The smallest absolute Gasteiger partial charge is 0.433 e. The summed E-state index contributed by atoms with van der Waals surface area (Å²) in [4.78, 5) is 31.7. The molecular formula is C24H23F3N4O3S. The molecule has 1 aromatic heterocycles. The zero-order valence-corrected chi connectivity index (χ0v) is 20.0. The normalized spacial score (nSPS) is 11.1. The average Bonchev–Trinajstić information content (AvgIpc) is 2.80. The van der Waals surface area contributed by atoms with E-state index < -0.39 is 23.8 Å². The van der Waals surface area contributed by atoms with E-state index in [1.807, 2.05) is 19.1 Å². The number of alkyl halides is 3. The Hall–Kier alpha value is -3.60. The maximum atomic E-state index is 13.4. The maximum absolute atomic E-state index is 13.4. The minimum Gasteiger partial charge on any atom is -0.438 e. The number of rotatable bonds is 7. The standard InChI is InChI=1S/C24H23F3N4O3S/c1-4-16-8-10-17(11-9-16)28-22(33)30-19(32)13-35-23-29-18(24(25,26)27)12-20(31-23)34-21-14(2)6-5-7-15(21)3/h5-12H,4,13H2,1-3H3,(H2,28,30,32,33). The lowest BCUT2D eigenvalue weighted by molar-refractivity contribution is -0.141. The number of urea groups is 1. The van der Waals surface area contributed by atoms with Crippen LogP contribution in [0.15, 0.2) is 53.7 Å². The third kappa shape index (κ3) is 7.44. The Morgan fingerprint density at radius 1 is 1.03 bits per heavy atom. The highest BCUT2D eigenvalue weighted by atomic mass is 32.2. The third-order valence-corrected chi connectivity index (χ3v) is 5.64. The number of hydrogen-bond acceptors (Lipinski definition) is 6. The highest BCUT2D eigenvalue weighted by Gasteiger charge is 2.34. The second kappa shape index (κ2) is 11.2. The van der Waals surface area contributed by atoms with Crippen molar-refractivity contribution in [3.8, 4) is 11.6 Å². The zero-order valence-electron chi connectivity index (χ0n) is 19.2. The molecule has 2 aromatic carbocycles. The van der Waals surface area contributed by atoms with Crippen LogP contribution in [0.1, 0.15) is 29.3 Å². The monoisotopic (exact) mass is 504 g/mol. The van der Waals surface area contributed by atoms with E-state index in [1.54, 1.807) is 44.2 Å². The van der Waals surface area contributed by atoms with Gasteiger partial charge in [0, 0.05) is 11.8 Å². The summed E-state index contributed by atoms with van der Waals surface area (Å²) in [6, 6.07) is 12.4. The largest absolute Gasteiger partial charge is 0.438 e. The summed E-state index contributed by atoms with van der Waals surface area (Å²) in [5.74, 6) is -1.03. The molecule has 1 heterocycles. The third-order valence-electron chi connectivity index (χ3n) is 4.79. The van der Waals surface area contributed by atoms with Crippen molar-refractivity contribution >= 4 is 29.4 Å². The molecule has 0 aliphatic heterocycles. The van der Waals surface area contributed by atoms with Crippen molar-refractivity contribution in [2.45, 2.75) is 38.5 Å². The van der Waals surface area contributed by atoms with Gasteiger partial charge in [-0.1, -0.05) is 49.0 Å². The average molecular weight is 505 g/mol. The number of halogens is 3. The molecule has 0 atom stereocenters. The van der Waals surface area contributed by atoms with Crippen LogP contribution >= 0.6 is 11.8 Å².